The first-order valence-electron chi connectivity index (χ1n) is 8.45. The Morgan fingerprint density at radius 2 is 2.32 bits per heavy atom. The van der Waals surface area contributed by atoms with Gasteiger partial charge in [0.05, 0.1) is 13.1 Å². The van der Waals surface area contributed by atoms with Crippen LogP contribution in [0.3, 0.4) is 0 Å². The van der Waals surface area contributed by atoms with Crippen LogP contribution in [0.4, 0.5) is 5.88 Å². The number of furan rings is 1. The molecular formula is C17H22N6O2. The van der Waals surface area contributed by atoms with Crippen molar-refractivity contribution < 1.29 is 9.21 Å². The predicted octanol–water partition coefficient (Wildman–Crippen LogP) is 1.85. The number of carbonyl (C=O) groups is 1. The van der Waals surface area contributed by atoms with Crippen molar-refractivity contribution in [1.82, 2.24) is 19.7 Å². The van der Waals surface area contributed by atoms with E-state index in [1.54, 1.807) is 17.9 Å². The zero-order chi connectivity index (χ0) is 17.8. The number of carbonyl (C=O) groups excluding carboxylic acids is 1. The molecule has 0 saturated carbocycles. The third-order valence-corrected chi connectivity index (χ3v) is 4.71. The van der Waals surface area contributed by atoms with Crippen LogP contribution in [0.15, 0.2) is 17.1 Å². The summed E-state index contributed by atoms with van der Waals surface area (Å²) < 4.78 is 7.31. The number of hydrogen-bond acceptors (Lipinski definition) is 6. The van der Waals surface area contributed by atoms with Crippen molar-refractivity contribution in [2.75, 3.05) is 18.4 Å². The second-order valence-electron chi connectivity index (χ2n) is 6.38. The van der Waals surface area contributed by atoms with E-state index in [9.17, 15) is 10.1 Å². The van der Waals surface area contributed by atoms with E-state index < -0.39 is 0 Å². The maximum Gasteiger partial charge on any atom is 0.240 e. The van der Waals surface area contributed by atoms with Gasteiger partial charge in [0.2, 0.25) is 11.8 Å². The predicted molar refractivity (Wildman–Crippen MR) is 90.8 cm³/mol. The summed E-state index contributed by atoms with van der Waals surface area (Å²) in [5.41, 5.74) is 1.16. The molecule has 2 aromatic heterocycles. The van der Waals surface area contributed by atoms with Gasteiger partial charge in [-0.1, -0.05) is 6.42 Å². The number of nitriles is 1. The van der Waals surface area contributed by atoms with E-state index in [0.717, 1.165) is 37.9 Å². The summed E-state index contributed by atoms with van der Waals surface area (Å²) >= 11 is 0. The number of aryl methyl sites for hydroxylation is 1. The molecule has 0 bridgehead atoms. The Balaban J connectivity index is 1.64. The highest BCUT2D eigenvalue weighted by Crippen LogP contribution is 2.25. The molecule has 0 spiro atoms. The first-order valence-corrected chi connectivity index (χ1v) is 8.45. The van der Waals surface area contributed by atoms with Crippen molar-refractivity contribution in [3.8, 4) is 6.07 Å². The van der Waals surface area contributed by atoms with E-state index in [1.807, 2.05) is 6.92 Å². The Kier molecular flexibility index (Phi) is 5.14. The first kappa shape index (κ1) is 17.2. The highest BCUT2D eigenvalue weighted by atomic mass is 16.4. The van der Waals surface area contributed by atoms with Gasteiger partial charge in [-0.05, 0) is 33.2 Å². The number of nitrogens with zero attached hydrogens (tertiary/aromatic N) is 5. The molecule has 2 aromatic rings. The van der Waals surface area contributed by atoms with Gasteiger partial charge in [0.15, 0.2) is 0 Å². The lowest BCUT2D eigenvalue weighted by molar-refractivity contribution is -0.118. The average molecular weight is 342 g/mol. The monoisotopic (exact) mass is 342 g/mol. The molecule has 0 unspecified atom stereocenters. The minimum atomic E-state index is -0.171. The molecule has 8 heteroatoms. The molecule has 1 aliphatic rings. The van der Waals surface area contributed by atoms with E-state index in [2.05, 4.69) is 26.4 Å². The fourth-order valence-corrected chi connectivity index (χ4v) is 3.22. The van der Waals surface area contributed by atoms with Crippen LogP contribution in [0, 0.1) is 25.2 Å². The maximum atomic E-state index is 12.5. The van der Waals surface area contributed by atoms with E-state index in [-0.39, 0.29) is 24.4 Å². The summed E-state index contributed by atoms with van der Waals surface area (Å²) in [5, 5.41) is 16.1. The molecule has 3 rings (SSSR count). The second kappa shape index (κ2) is 7.49. The molecule has 8 nitrogen and oxygen atoms in total. The van der Waals surface area contributed by atoms with E-state index in [4.69, 9.17) is 4.42 Å². The summed E-state index contributed by atoms with van der Waals surface area (Å²) in [6.07, 6.45) is 6.46. The molecule has 25 heavy (non-hydrogen) atoms. The Bertz CT molecular complexity index is 774. The number of amides is 1. The molecule has 1 aliphatic heterocycles. The Labute approximate surface area is 146 Å². The van der Waals surface area contributed by atoms with E-state index in [0.29, 0.717) is 11.3 Å². The lowest BCUT2D eigenvalue weighted by atomic mass is 10.0. The summed E-state index contributed by atoms with van der Waals surface area (Å²) in [5.74, 6) is 0.719. The van der Waals surface area contributed by atoms with Gasteiger partial charge in [0.25, 0.3) is 0 Å². The summed E-state index contributed by atoms with van der Waals surface area (Å²) in [6.45, 7) is 5.45. The highest BCUT2D eigenvalue weighted by Gasteiger charge is 2.26. The number of piperidine rings is 1. The smallest absolute Gasteiger partial charge is 0.240 e. The standard InChI is InChI=1S/C17H22N6O2/c1-12-13(2)25-17(15(12)7-18)21-16(24)9-22-6-4-3-5-14(22)8-23-11-19-10-20-23/h10-11,14H,3-6,8-9H2,1-2H3,(H,21,24)/t14-/m0/s1. The fourth-order valence-electron chi connectivity index (χ4n) is 3.22. The number of hydrogen-bond donors (Lipinski definition) is 1. The zero-order valence-electron chi connectivity index (χ0n) is 14.5. The summed E-state index contributed by atoms with van der Waals surface area (Å²) in [6, 6.07) is 2.34. The second-order valence-corrected chi connectivity index (χ2v) is 6.38. The van der Waals surface area contributed by atoms with Crippen molar-refractivity contribution in [3.05, 3.63) is 29.5 Å². The van der Waals surface area contributed by atoms with E-state index in [1.165, 1.54) is 6.33 Å². The molecule has 1 saturated heterocycles. The topological polar surface area (TPSA) is 100.0 Å². The Morgan fingerprint density at radius 3 is 3.04 bits per heavy atom. The molecule has 0 aliphatic carbocycles. The molecule has 0 aromatic carbocycles. The summed E-state index contributed by atoms with van der Waals surface area (Å²) in [7, 11) is 0. The van der Waals surface area contributed by atoms with E-state index >= 15 is 0 Å². The molecule has 132 valence electrons. The number of anilines is 1. The molecular weight excluding hydrogens is 320 g/mol. The van der Waals surface area contributed by atoms with Gasteiger partial charge in [-0.2, -0.15) is 10.4 Å². The van der Waals surface area contributed by atoms with Crippen molar-refractivity contribution in [1.29, 1.82) is 5.26 Å². The lowest BCUT2D eigenvalue weighted by Gasteiger charge is -2.34. The number of aromatic nitrogens is 3. The molecule has 1 N–H and O–H groups in total. The third kappa shape index (κ3) is 3.88. The molecule has 1 atom stereocenters. The normalized spacial score (nSPS) is 18.0. The van der Waals surface area contributed by atoms with Gasteiger partial charge in [0, 0.05) is 11.6 Å². The van der Waals surface area contributed by atoms with Crippen LogP contribution in [0.5, 0.6) is 0 Å². The minimum absolute atomic E-state index is 0.171. The molecule has 3 heterocycles. The molecule has 1 fully saturated rings. The maximum absolute atomic E-state index is 12.5. The van der Waals surface area contributed by atoms with Crippen molar-refractivity contribution >= 4 is 11.8 Å². The number of nitrogens with one attached hydrogen (secondary N) is 1. The van der Waals surface area contributed by atoms with Crippen LogP contribution in [-0.4, -0.2) is 44.7 Å². The minimum Gasteiger partial charge on any atom is -0.444 e. The van der Waals surface area contributed by atoms with Crippen LogP contribution >= 0.6 is 0 Å². The van der Waals surface area contributed by atoms with Crippen molar-refractivity contribution in [3.63, 3.8) is 0 Å². The quantitative estimate of drug-likeness (QED) is 0.890. The van der Waals surface area contributed by atoms with Crippen LogP contribution in [0.1, 0.15) is 36.1 Å². The van der Waals surface area contributed by atoms with Gasteiger partial charge in [-0.15, -0.1) is 0 Å². The lowest BCUT2D eigenvalue weighted by Crippen LogP contribution is -2.46. The zero-order valence-corrected chi connectivity index (χ0v) is 14.5. The van der Waals surface area contributed by atoms with Crippen molar-refractivity contribution in [2.24, 2.45) is 0 Å². The van der Waals surface area contributed by atoms with Crippen molar-refractivity contribution in [2.45, 2.75) is 45.7 Å². The number of rotatable bonds is 5. The average Bonchev–Trinajstić information content (AvgIpc) is 3.18. The van der Waals surface area contributed by atoms with Gasteiger partial charge in [0.1, 0.15) is 30.0 Å². The molecule has 0 radical (unpaired) electrons. The number of likely N-dealkylation sites (tertiary alicyclic amines) is 1. The van der Waals surface area contributed by atoms with Gasteiger partial charge < -0.3 is 4.42 Å². The van der Waals surface area contributed by atoms with Crippen LogP contribution in [0.2, 0.25) is 0 Å². The Hall–Kier alpha value is -2.66. The van der Waals surface area contributed by atoms with Gasteiger partial charge >= 0.3 is 0 Å². The summed E-state index contributed by atoms with van der Waals surface area (Å²) in [4.78, 5) is 18.6. The fraction of sp³-hybridized carbons (Fsp3) is 0.529. The Morgan fingerprint density at radius 1 is 1.48 bits per heavy atom. The van der Waals surface area contributed by atoms with Crippen LogP contribution in [-0.2, 0) is 11.3 Å². The van der Waals surface area contributed by atoms with Crippen LogP contribution in [0.25, 0.3) is 0 Å². The third-order valence-electron chi connectivity index (χ3n) is 4.71. The van der Waals surface area contributed by atoms with Gasteiger partial charge in [-0.3, -0.25) is 19.7 Å². The van der Waals surface area contributed by atoms with Crippen LogP contribution < -0.4 is 5.32 Å². The SMILES string of the molecule is Cc1oc(NC(=O)CN2CCCC[C@H]2Cn2cncn2)c(C#N)c1C. The molecule has 1 amide bonds. The first-order chi connectivity index (χ1) is 12.1. The largest absolute Gasteiger partial charge is 0.444 e. The highest BCUT2D eigenvalue weighted by molar-refractivity contribution is 5.92. The van der Waals surface area contributed by atoms with Gasteiger partial charge in [-0.25, -0.2) is 4.98 Å².